The maximum atomic E-state index is 13.0. The quantitative estimate of drug-likeness (QED) is 0.342. The molecule has 1 aromatic rings. The van der Waals surface area contributed by atoms with Crippen LogP contribution in [0.1, 0.15) is 19.4 Å². The Morgan fingerprint density at radius 3 is 2.48 bits per heavy atom. The maximum Gasteiger partial charge on any atom is 0.403 e. The van der Waals surface area contributed by atoms with Gasteiger partial charge in [0.2, 0.25) is 0 Å². The van der Waals surface area contributed by atoms with Crippen molar-refractivity contribution in [2.24, 2.45) is 4.99 Å². The van der Waals surface area contributed by atoms with Gasteiger partial charge in [-0.05, 0) is 19.9 Å². The summed E-state index contributed by atoms with van der Waals surface area (Å²) in [4.78, 5) is 15.0. The molecule has 2 fully saturated rings. The molecule has 0 bridgehead atoms. The van der Waals surface area contributed by atoms with Crippen LogP contribution in [0.25, 0.3) is 0 Å². The molecule has 3 rings (SSSR count). The fraction of sp³-hybridized carbons (Fsp3) is 0.700. The van der Waals surface area contributed by atoms with Gasteiger partial charge in [-0.1, -0.05) is 6.07 Å². The van der Waals surface area contributed by atoms with Crippen molar-refractivity contribution in [1.29, 1.82) is 0 Å². The zero-order valence-electron chi connectivity index (χ0n) is 18.1. The SMILES string of the molecule is CCNC(=NCc1cccnc1N1CCOCC1)N1CCN(C(C)C(F)(F)F)CC1.I. The van der Waals surface area contributed by atoms with E-state index in [2.05, 4.69) is 15.2 Å². The molecule has 31 heavy (non-hydrogen) atoms. The number of aromatic nitrogens is 1. The van der Waals surface area contributed by atoms with Crippen LogP contribution in [0.4, 0.5) is 19.0 Å². The first-order valence-electron chi connectivity index (χ1n) is 10.5. The molecule has 1 atom stereocenters. The van der Waals surface area contributed by atoms with Crippen molar-refractivity contribution in [1.82, 2.24) is 20.1 Å². The van der Waals surface area contributed by atoms with Crippen LogP contribution in [-0.2, 0) is 11.3 Å². The molecule has 176 valence electrons. The lowest BCUT2D eigenvalue weighted by Crippen LogP contribution is -2.56. The fourth-order valence-corrected chi connectivity index (χ4v) is 3.73. The number of guanidine groups is 1. The third-order valence-electron chi connectivity index (χ3n) is 5.55. The smallest absolute Gasteiger partial charge is 0.378 e. The minimum atomic E-state index is -4.20. The highest BCUT2D eigenvalue weighted by Gasteiger charge is 2.41. The summed E-state index contributed by atoms with van der Waals surface area (Å²) in [6.07, 6.45) is -2.42. The van der Waals surface area contributed by atoms with Crippen molar-refractivity contribution >= 4 is 35.8 Å². The first-order chi connectivity index (χ1) is 14.4. The highest BCUT2D eigenvalue weighted by Crippen LogP contribution is 2.25. The van der Waals surface area contributed by atoms with Crippen molar-refractivity contribution in [3.05, 3.63) is 23.9 Å². The second-order valence-electron chi connectivity index (χ2n) is 7.50. The van der Waals surface area contributed by atoms with Crippen molar-refractivity contribution in [2.75, 3.05) is 63.9 Å². The molecule has 0 amide bonds. The Bertz CT molecular complexity index is 706. The zero-order chi connectivity index (χ0) is 21.6. The largest absolute Gasteiger partial charge is 0.403 e. The number of alkyl halides is 3. The lowest BCUT2D eigenvalue weighted by Gasteiger charge is -2.39. The van der Waals surface area contributed by atoms with Gasteiger partial charge in [0.15, 0.2) is 5.96 Å². The summed E-state index contributed by atoms with van der Waals surface area (Å²) in [5.41, 5.74) is 1.03. The predicted molar refractivity (Wildman–Crippen MR) is 126 cm³/mol. The van der Waals surface area contributed by atoms with Gasteiger partial charge in [-0.2, -0.15) is 13.2 Å². The third kappa shape index (κ3) is 7.07. The number of ether oxygens (including phenoxy) is 1. The monoisotopic (exact) mass is 556 g/mol. The summed E-state index contributed by atoms with van der Waals surface area (Å²) >= 11 is 0. The Hall–Kier alpha value is -1.34. The van der Waals surface area contributed by atoms with Crippen LogP contribution >= 0.6 is 24.0 Å². The zero-order valence-corrected chi connectivity index (χ0v) is 20.4. The lowest BCUT2D eigenvalue weighted by molar-refractivity contribution is -0.181. The van der Waals surface area contributed by atoms with Crippen molar-refractivity contribution in [2.45, 2.75) is 32.6 Å². The Labute approximate surface area is 199 Å². The molecule has 2 aliphatic rings. The van der Waals surface area contributed by atoms with Crippen LogP contribution in [-0.4, -0.2) is 92.0 Å². The average molecular weight is 556 g/mol. The number of halogens is 4. The van der Waals surface area contributed by atoms with Gasteiger partial charge in [-0.25, -0.2) is 9.98 Å². The van der Waals surface area contributed by atoms with E-state index in [4.69, 9.17) is 9.73 Å². The van der Waals surface area contributed by atoms with Gasteiger partial charge in [0.25, 0.3) is 0 Å². The minimum absolute atomic E-state index is 0. The molecule has 3 heterocycles. The van der Waals surface area contributed by atoms with E-state index in [0.29, 0.717) is 52.5 Å². The van der Waals surface area contributed by atoms with E-state index in [9.17, 15) is 13.2 Å². The number of rotatable bonds is 5. The van der Waals surface area contributed by atoms with E-state index in [1.807, 2.05) is 24.0 Å². The highest BCUT2D eigenvalue weighted by molar-refractivity contribution is 14.0. The average Bonchev–Trinajstić information content (AvgIpc) is 2.76. The Morgan fingerprint density at radius 2 is 1.87 bits per heavy atom. The van der Waals surface area contributed by atoms with Crippen molar-refractivity contribution in [3.8, 4) is 0 Å². The summed E-state index contributed by atoms with van der Waals surface area (Å²) in [6.45, 7) is 9.07. The number of aliphatic imine (C=N–C) groups is 1. The number of hydrogen-bond acceptors (Lipinski definition) is 5. The second-order valence-corrected chi connectivity index (χ2v) is 7.50. The predicted octanol–water partition coefficient (Wildman–Crippen LogP) is 2.57. The molecule has 1 unspecified atom stereocenters. The topological polar surface area (TPSA) is 56.2 Å². The lowest BCUT2D eigenvalue weighted by atomic mass is 10.2. The van der Waals surface area contributed by atoms with Crippen LogP contribution in [0, 0.1) is 0 Å². The normalized spacial score (nSPS) is 19.7. The van der Waals surface area contributed by atoms with E-state index in [-0.39, 0.29) is 24.0 Å². The van der Waals surface area contributed by atoms with Gasteiger partial charge < -0.3 is 19.9 Å². The summed E-state index contributed by atoms with van der Waals surface area (Å²) in [5.74, 6) is 1.65. The number of anilines is 1. The van der Waals surface area contributed by atoms with Gasteiger partial charge in [0, 0.05) is 57.6 Å². The maximum absolute atomic E-state index is 13.0. The Morgan fingerprint density at radius 1 is 1.19 bits per heavy atom. The van der Waals surface area contributed by atoms with Gasteiger partial charge in [0.1, 0.15) is 11.9 Å². The molecule has 2 saturated heterocycles. The number of morpholine rings is 1. The number of nitrogens with zero attached hydrogens (tertiary/aromatic N) is 5. The molecule has 0 saturated carbocycles. The highest BCUT2D eigenvalue weighted by atomic mass is 127. The van der Waals surface area contributed by atoms with Crippen molar-refractivity contribution < 1.29 is 17.9 Å². The van der Waals surface area contributed by atoms with Crippen LogP contribution < -0.4 is 10.2 Å². The van der Waals surface area contributed by atoms with Crippen LogP contribution in [0.15, 0.2) is 23.3 Å². The number of piperazine rings is 1. The van der Waals surface area contributed by atoms with Crippen LogP contribution in [0.2, 0.25) is 0 Å². The van der Waals surface area contributed by atoms with Crippen molar-refractivity contribution in [3.63, 3.8) is 0 Å². The molecular weight excluding hydrogens is 524 g/mol. The summed E-state index contributed by atoms with van der Waals surface area (Å²) in [7, 11) is 0. The van der Waals surface area contributed by atoms with Crippen LogP contribution in [0.3, 0.4) is 0 Å². The molecule has 0 aromatic carbocycles. The second kappa shape index (κ2) is 12.0. The summed E-state index contributed by atoms with van der Waals surface area (Å²) < 4.78 is 44.4. The minimum Gasteiger partial charge on any atom is -0.378 e. The molecule has 1 N–H and O–H groups in total. The van der Waals surface area contributed by atoms with Crippen LogP contribution in [0.5, 0.6) is 0 Å². The molecule has 11 heteroatoms. The first kappa shape index (κ1) is 25.9. The summed E-state index contributed by atoms with van der Waals surface area (Å²) in [5, 5.41) is 3.28. The molecule has 0 aliphatic carbocycles. The number of hydrogen-bond donors (Lipinski definition) is 1. The van der Waals surface area contributed by atoms with Gasteiger partial charge >= 0.3 is 6.18 Å². The molecule has 0 spiro atoms. The van der Waals surface area contributed by atoms with E-state index >= 15 is 0 Å². The Balaban J connectivity index is 0.00000341. The fourth-order valence-electron chi connectivity index (χ4n) is 3.73. The molecule has 7 nitrogen and oxygen atoms in total. The van der Waals surface area contributed by atoms with Gasteiger partial charge in [-0.3, -0.25) is 4.90 Å². The first-order valence-corrected chi connectivity index (χ1v) is 10.5. The standard InChI is InChI=1S/C20H31F3N6O.HI/c1-3-24-19(29-9-7-27(8-10-29)16(2)20(21,22)23)26-15-17-5-4-6-25-18(17)28-11-13-30-14-12-28;/h4-6,16H,3,7-15H2,1-2H3,(H,24,26);1H. The molecule has 2 aliphatic heterocycles. The summed E-state index contributed by atoms with van der Waals surface area (Å²) in [6, 6.07) is 2.50. The molecule has 0 radical (unpaired) electrons. The van der Waals surface area contributed by atoms with E-state index in [1.54, 1.807) is 6.20 Å². The molecular formula is C20H32F3IN6O. The van der Waals surface area contributed by atoms with E-state index < -0.39 is 12.2 Å². The van der Waals surface area contributed by atoms with Gasteiger partial charge in [0.05, 0.1) is 19.8 Å². The third-order valence-corrected chi connectivity index (χ3v) is 5.55. The Kier molecular flexibility index (Phi) is 10.1. The van der Waals surface area contributed by atoms with Gasteiger partial charge in [-0.15, -0.1) is 24.0 Å². The van der Waals surface area contributed by atoms with E-state index in [0.717, 1.165) is 30.4 Å². The number of nitrogens with one attached hydrogen (secondary N) is 1. The number of pyridine rings is 1. The molecule has 1 aromatic heterocycles. The van der Waals surface area contributed by atoms with E-state index in [1.165, 1.54) is 11.8 Å².